The zero-order valence-corrected chi connectivity index (χ0v) is 10.3. The zero-order valence-electron chi connectivity index (χ0n) is 10.3. The van der Waals surface area contributed by atoms with Crippen molar-refractivity contribution in [2.45, 2.75) is 44.7 Å². The first-order chi connectivity index (χ1) is 8.11. The third-order valence-corrected chi connectivity index (χ3v) is 3.59. The highest BCUT2D eigenvalue weighted by Gasteiger charge is 2.39. The summed E-state index contributed by atoms with van der Waals surface area (Å²) in [6, 6.07) is 7.40. The van der Waals surface area contributed by atoms with Gasteiger partial charge in [-0.05, 0) is 49.4 Å². The molecule has 2 atom stereocenters. The van der Waals surface area contributed by atoms with Gasteiger partial charge in [0.25, 0.3) is 0 Å². The Hall–Kier alpha value is -1.40. The monoisotopic (exact) mass is 232 g/mol. The smallest absolute Gasteiger partial charge is 0.133 e. The minimum absolute atomic E-state index is 0.221. The molecular weight excluding hydrogens is 215 g/mol. The van der Waals surface area contributed by atoms with Crippen molar-refractivity contribution < 1.29 is 4.39 Å². The second kappa shape index (κ2) is 4.46. The number of fused-ring (bicyclic) bond motifs is 1. The van der Waals surface area contributed by atoms with Gasteiger partial charge in [-0.15, -0.1) is 0 Å². The maximum atomic E-state index is 13.1. The van der Waals surface area contributed by atoms with Crippen molar-refractivity contribution in [1.82, 2.24) is 5.32 Å². The third-order valence-electron chi connectivity index (χ3n) is 3.59. The van der Waals surface area contributed by atoms with Gasteiger partial charge in [0, 0.05) is 6.04 Å². The molecule has 0 heterocycles. The number of halogens is 1. The van der Waals surface area contributed by atoms with Gasteiger partial charge >= 0.3 is 0 Å². The number of hydrogen-bond donors (Lipinski definition) is 1. The normalized spacial score (nSPS) is 24.1. The van der Waals surface area contributed by atoms with Crippen LogP contribution in [-0.2, 0) is 12.0 Å². The van der Waals surface area contributed by atoms with Crippen LogP contribution in [-0.4, -0.2) is 6.04 Å². The summed E-state index contributed by atoms with van der Waals surface area (Å²) < 4.78 is 13.1. The van der Waals surface area contributed by atoms with Crippen LogP contribution in [0.25, 0.3) is 0 Å². The molecule has 17 heavy (non-hydrogen) atoms. The van der Waals surface area contributed by atoms with Crippen molar-refractivity contribution in [3.63, 3.8) is 0 Å². The van der Waals surface area contributed by atoms with Crippen molar-refractivity contribution in [2.24, 2.45) is 0 Å². The van der Waals surface area contributed by atoms with Crippen LogP contribution < -0.4 is 5.32 Å². The van der Waals surface area contributed by atoms with Crippen LogP contribution in [0, 0.1) is 17.1 Å². The Morgan fingerprint density at radius 1 is 1.59 bits per heavy atom. The van der Waals surface area contributed by atoms with E-state index in [2.05, 4.69) is 25.2 Å². The van der Waals surface area contributed by atoms with Gasteiger partial charge in [-0.2, -0.15) is 5.26 Å². The summed E-state index contributed by atoms with van der Waals surface area (Å²) in [7, 11) is 0. The van der Waals surface area contributed by atoms with Crippen LogP contribution in [0.3, 0.4) is 0 Å². The average Bonchev–Trinajstić information content (AvgIpc) is 2.68. The highest BCUT2D eigenvalue weighted by Crippen LogP contribution is 2.37. The molecule has 0 aliphatic heterocycles. The molecule has 0 saturated heterocycles. The molecule has 0 amide bonds. The van der Waals surface area contributed by atoms with E-state index in [0.717, 1.165) is 30.4 Å². The topological polar surface area (TPSA) is 35.8 Å². The third kappa shape index (κ3) is 2.05. The van der Waals surface area contributed by atoms with E-state index < -0.39 is 5.54 Å². The lowest BCUT2D eigenvalue weighted by Crippen LogP contribution is -2.44. The average molecular weight is 232 g/mol. The Morgan fingerprint density at radius 2 is 2.35 bits per heavy atom. The lowest BCUT2D eigenvalue weighted by Gasteiger charge is -2.27. The number of rotatable bonds is 3. The van der Waals surface area contributed by atoms with E-state index in [1.165, 1.54) is 6.07 Å². The molecule has 1 aromatic rings. The van der Waals surface area contributed by atoms with Gasteiger partial charge in [-0.25, -0.2) is 4.39 Å². The summed E-state index contributed by atoms with van der Waals surface area (Å²) in [5.74, 6) is -0.221. The van der Waals surface area contributed by atoms with Crippen LogP contribution in [0.4, 0.5) is 4.39 Å². The number of nitrogens with zero attached hydrogens (tertiary/aromatic N) is 1. The van der Waals surface area contributed by atoms with Gasteiger partial charge in [0.1, 0.15) is 11.4 Å². The molecule has 1 aromatic carbocycles. The molecule has 1 aliphatic rings. The molecule has 2 unspecified atom stereocenters. The number of aryl methyl sites for hydroxylation is 1. The van der Waals surface area contributed by atoms with E-state index >= 15 is 0 Å². The number of nitriles is 1. The molecule has 90 valence electrons. The summed E-state index contributed by atoms with van der Waals surface area (Å²) in [4.78, 5) is 0. The van der Waals surface area contributed by atoms with Gasteiger partial charge in [-0.1, -0.05) is 13.0 Å². The summed E-state index contributed by atoms with van der Waals surface area (Å²) in [5.41, 5.74) is 1.28. The Balaban J connectivity index is 2.38. The minimum atomic E-state index is -0.627. The Bertz CT molecular complexity index is 464. The van der Waals surface area contributed by atoms with Gasteiger partial charge in [0.15, 0.2) is 0 Å². The number of nitrogens with one attached hydrogen (secondary N) is 1. The van der Waals surface area contributed by atoms with Crippen molar-refractivity contribution in [3.8, 4) is 6.07 Å². The zero-order chi connectivity index (χ0) is 12.5. The van der Waals surface area contributed by atoms with Gasteiger partial charge in [-0.3, -0.25) is 5.32 Å². The van der Waals surface area contributed by atoms with E-state index in [1.54, 1.807) is 12.1 Å². The maximum absolute atomic E-state index is 13.1. The van der Waals surface area contributed by atoms with Gasteiger partial charge in [0.05, 0.1) is 6.07 Å². The minimum Gasteiger partial charge on any atom is -0.293 e. The van der Waals surface area contributed by atoms with Gasteiger partial charge < -0.3 is 0 Å². The molecule has 0 fully saturated rings. The molecule has 0 spiro atoms. The van der Waals surface area contributed by atoms with E-state index in [-0.39, 0.29) is 11.9 Å². The Labute approximate surface area is 101 Å². The number of hydrogen-bond acceptors (Lipinski definition) is 2. The fraction of sp³-hybridized carbons (Fsp3) is 0.500. The first-order valence-corrected chi connectivity index (χ1v) is 6.09. The molecule has 2 nitrogen and oxygen atoms in total. The summed E-state index contributed by atoms with van der Waals surface area (Å²) in [5, 5.41) is 12.9. The quantitative estimate of drug-likeness (QED) is 0.869. The summed E-state index contributed by atoms with van der Waals surface area (Å²) in [6.07, 6.45) is 2.47. The molecule has 0 aromatic heterocycles. The predicted molar refractivity (Wildman–Crippen MR) is 64.9 cm³/mol. The highest BCUT2D eigenvalue weighted by molar-refractivity contribution is 5.43. The van der Waals surface area contributed by atoms with E-state index in [9.17, 15) is 9.65 Å². The second-order valence-corrected chi connectivity index (χ2v) is 4.77. The Morgan fingerprint density at radius 3 is 3.00 bits per heavy atom. The Kier molecular flexibility index (Phi) is 3.17. The predicted octanol–water partition coefficient (Wildman–Crippen LogP) is 2.88. The first-order valence-electron chi connectivity index (χ1n) is 6.09. The summed E-state index contributed by atoms with van der Waals surface area (Å²) in [6.45, 7) is 4.16. The second-order valence-electron chi connectivity index (χ2n) is 4.77. The van der Waals surface area contributed by atoms with E-state index in [4.69, 9.17) is 0 Å². The van der Waals surface area contributed by atoms with Crippen LogP contribution >= 0.6 is 0 Å². The largest absolute Gasteiger partial charge is 0.293 e. The lowest BCUT2D eigenvalue weighted by molar-refractivity contribution is 0.366. The van der Waals surface area contributed by atoms with Crippen molar-refractivity contribution in [2.75, 3.05) is 0 Å². The number of benzene rings is 1. The van der Waals surface area contributed by atoms with Crippen LogP contribution in [0.5, 0.6) is 0 Å². The lowest BCUT2D eigenvalue weighted by atomic mass is 9.92. The van der Waals surface area contributed by atoms with Crippen molar-refractivity contribution in [1.29, 1.82) is 5.26 Å². The van der Waals surface area contributed by atoms with Crippen molar-refractivity contribution >= 4 is 0 Å². The van der Waals surface area contributed by atoms with Crippen molar-refractivity contribution in [3.05, 3.63) is 35.1 Å². The molecule has 0 saturated carbocycles. The first kappa shape index (κ1) is 12.1. The van der Waals surface area contributed by atoms with E-state index in [0.29, 0.717) is 0 Å². The fourth-order valence-corrected chi connectivity index (χ4v) is 2.46. The molecule has 0 bridgehead atoms. The molecular formula is C14H17FN2. The van der Waals surface area contributed by atoms with Crippen LogP contribution in [0.2, 0.25) is 0 Å². The van der Waals surface area contributed by atoms with E-state index in [1.807, 2.05) is 0 Å². The molecule has 1 aliphatic carbocycles. The summed E-state index contributed by atoms with van der Waals surface area (Å²) >= 11 is 0. The van der Waals surface area contributed by atoms with Gasteiger partial charge in [0.2, 0.25) is 0 Å². The molecule has 2 rings (SSSR count). The molecule has 0 radical (unpaired) electrons. The fourth-order valence-electron chi connectivity index (χ4n) is 2.46. The van der Waals surface area contributed by atoms with Crippen LogP contribution in [0.15, 0.2) is 18.2 Å². The SMILES string of the molecule is CCC(C)NC1(C#N)CCc2cc(F)ccc21. The highest BCUT2D eigenvalue weighted by atomic mass is 19.1. The van der Waals surface area contributed by atoms with Crippen LogP contribution in [0.1, 0.15) is 37.8 Å². The standard InChI is InChI=1S/C14H17FN2/c1-3-10(2)17-14(9-16)7-6-11-8-12(15)4-5-13(11)14/h4-5,8,10,17H,3,6-7H2,1-2H3. The molecule has 1 N–H and O–H groups in total. The maximum Gasteiger partial charge on any atom is 0.133 e. The molecule has 3 heteroatoms.